The predicted octanol–water partition coefficient (Wildman–Crippen LogP) is 2.52. The Hall–Kier alpha value is -2.80. The lowest BCUT2D eigenvalue weighted by atomic mass is 9.96. The standard InChI is InChI=1S/C20H24N4O3/c1-21-20(24-16-11-15-8-9-17(16)27-15)22-12-13-4-6-14(7-5-13)23-19(25)18-3-2-10-26-18/h2-7,10,15-17H,8-9,11-12H2,1H3,(H,23,25)(H2,21,22,24). The van der Waals surface area contributed by atoms with Crippen molar-refractivity contribution in [3.63, 3.8) is 0 Å². The molecule has 2 bridgehead atoms. The van der Waals surface area contributed by atoms with Crippen molar-refractivity contribution >= 4 is 17.6 Å². The number of rotatable bonds is 5. The van der Waals surface area contributed by atoms with Gasteiger partial charge in [0.1, 0.15) is 0 Å². The molecule has 142 valence electrons. The van der Waals surface area contributed by atoms with Gasteiger partial charge in [0.05, 0.1) is 24.5 Å². The molecule has 2 aromatic rings. The normalized spacial score (nSPS) is 24.0. The smallest absolute Gasteiger partial charge is 0.291 e. The Bertz CT molecular complexity index is 801. The zero-order valence-corrected chi connectivity index (χ0v) is 15.3. The highest BCUT2D eigenvalue weighted by Gasteiger charge is 2.41. The number of ether oxygens (including phenoxy) is 1. The van der Waals surface area contributed by atoms with E-state index in [0.717, 1.165) is 30.1 Å². The number of nitrogens with one attached hydrogen (secondary N) is 3. The van der Waals surface area contributed by atoms with Gasteiger partial charge < -0.3 is 25.1 Å². The molecule has 0 saturated carbocycles. The van der Waals surface area contributed by atoms with Crippen LogP contribution in [0.2, 0.25) is 0 Å². The minimum atomic E-state index is -0.261. The number of nitrogens with zero attached hydrogens (tertiary/aromatic N) is 1. The average Bonchev–Trinajstić information content (AvgIpc) is 3.44. The Kier molecular flexibility index (Phi) is 5.11. The van der Waals surface area contributed by atoms with Crippen LogP contribution in [0.1, 0.15) is 35.4 Å². The van der Waals surface area contributed by atoms with Crippen molar-refractivity contribution in [2.75, 3.05) is 12.4 Å². The van der Waals surface area contributed by atoms with Crippen molar-refractivity contribution < 1.29 is 13.9 Å². The third-order valence-corrected chi connectivity index (χ3v) is 5.07. The van der Waals surface area contributed by atoms with Crippen LogP contribution in [-0.2, 0) is 11.3 Å². The lowest BCUT2D eigenvalue weighted by Crippen LogP contribution is -2.47. The fourth-order valence-electron chi connectivity index (χ4n) is 3.65. The molecule has 1 aromatic carbocycles. The van der Waals surface area contributed by atoms with E-state index in [2.05, 4.69) is 20.9 Å². The summed E-state index contributed by atoms with van der Waals surface area (Å²) < 4.78 is 11.0. The highest BCUT2D eigenvalue weighted by molar-refractivity contribution is 6.02. The van der Waals surface area contributed by atoms with Gasteiger partial charge in [-0.25, -0.2) is 0 Å². The monoisotopic (exact) mass is 368 g/mol. The Labute approximate surface area is 158 Å². The van der Waals surface area contributed by atoms with E-state index in [1.165, 1.54) is 12.7 Å². The lowest BCUT2D eigenvalue weighted by molar-refractivity contribution is 0.0990. The van der Waals surface area contributed by atoms with Gasteiger partial charge in [-0.15, -0.1) is 0 Å². The van der Waals surface area contributed by atoms with Crippen molar-refractivity contribution in [3.05, 3.63) is 54.0 Å². The number of guanidine groups is 1. The number of furan rings is 1. The quantitative estimate of drug-likeness (QED) is 0.558. The fourth-order valence-corrected chi connectivity index (χ4v) is 3.65. The van der Waals surface area contributed by atoms with Gasteiger partial charge in [-0.1, -0.05) is 12.1 Å². The first-order valence-corrected chi connectivity index (χ1v) is 9.27. The Morgan fingerprint density at radius 1 is 1.22 bits per heavy atom. The molecule has 0 radical (unpaired) electrons. The molecule has 27 heavy (non-hydrogen) atoms. The summed E-state index contributed by atoms with van der Waals surface area (Å²) in [5.41, 5.74) is 1.82. The number of fused-ring (bicyclic) bond motifs is 2. The van der Waals surface area contributed by atoms with Gasteiger partial charge in [-0.05, 0) is 49.1 Å². The van der Waals surface area contributed by atoms with Crippen LogP contribution in [0.4, 0.5) is 5.69 Å². The van der Waals surface area contributed by atoms with Crippen LogP contribution in [0.25, 0.3) is 0 Å². The molecule has 3 N–H and O–H groups in total. The van der Waals surface area contributed by atoms with E-state index in [4.69, 9.17) is 9.15 Å². The van der Waals surface area contributed by atoms with Crippen LogP contribution in [0, 0.1) is 0 Å². The first-order chi connectivity index (χ1) is 13.2. The van der Waals surface area contributed by atoms with Crippen LogP contribution < -0.4 is 16.0 Å². The molecule has 1 aromatic heterocycles. The molecule has 2 saturated heterocycles. The van der Waals surface area contributed by atoms with E-state index >= 15 is 0 Å². The van der Waals surface area contributed by atoms with Crippen LogP contribution in [-0.4, -0.2) is 37.2 Å². The minimum absolute atomic E-state index is 0.261. The van der Waals surface area contributed by atoms with Gasteiger partial charge >= 0.3 is 0 Å². The maximum Gasteiger partial charge on any atom is 0.291 e. The van der Waals surface area contributed by atoms with Gasteiger partial charge in [-0.2, -0.15) is 0 Å². The molecular weight excluding hydrogens is 344 g/mol. The van der Waals surface area contributed by atoms with E-state index < -0.39 is 0 Å². The largest absolute Gasteiger partial charge is 0.459 e. The summed E-state index contributed by atoms with van der Waals surface area (Å²) in [5.74, 6) is 0.815. The Morgan fingerprint density at radius 2 is 2.07 bits per heavy atom. The van der Waals surface area contributed by atoms with Gasteiger partial charge in [0.2, 0.25) is 0 Å². The molecule has 0 aliphatic carbocycles. The van der Waals surface area contributed by atoms with Crippen molar-refractivity contribution in [2.45, 2.75) is 44.1 Å². The van der Waals surface area contributed by atoms with Gasteiger partial charge in [0.25, 0.3) is 5.91 Å². The number of anilines is 1. The van der Waals surface area contributed by atoms with E-state index in [9.17, 15) is 4.79 Å². The third kappa shape index (κ3) is 4.14. The summed E-state index contributed by atoms with van der Waals surface area (Å²) in [7, 11) is 1.77. The second-order valence-corrected chi connectivity index (χ2v) is 6.91. The molecule has 0 spiro atoms. The number of carbonyl (C=O) groups is 1. The summed E-state index contributed by atoms with van der Waals surface area (Å²) in [5, 5.41) is 9.61. The number of carbonyl (C=O) groups excluding carboxylic acids is 1. The Balaban J connectivity index is 1.27. The van der Waals surface area contributed by atoms with Crippen LogP contribution in [0.5, 0.6) is 0 Å². The SMILES string of the molecule is CN=C(NCc1ccc(NC(=O)c2ccco2)cc1)NC1CC2CCC1O2. The maximum absolute atomic E-state index is 12.0. The summed E-state index contributed by atoms with van der Waals surface area (Å²) in [6, 6.07) is 11.3. The van der Waals surface area contributed by atoms with Gasteiger partial charge in [0.15, 0.2) is 11.7 Å². The highest BCUT2D eigenvalue weighted by Crippen LogP contribution is 2.34. The molecule has 7 nitrogen and oxygen atoms in total. The van der Waals surface area contributed by atoms with E-state index in [1.807, 2.05) is 24.3 Å². The molecule has 2 fully saturated rings. The average molecular weight is 368 g/mol. The molecule has 3 unspecified atom stereocenters. The van der Waals surface area contributed by atoms with Crippen molar-refractivity contribution in [1.82, 2.24) is 10.6 Å². The van der Waals surface area contributed by atoms with Crippen LogP contribution in [0.15, 0.2) is 52.1 Å². The number of benzene rings is 1. The molecular formula is C20H24N4O3. The molecule has 1 amide bonds. The highest BCUT2D eigenvalue weighted by atomic mass is 16.5. The molecule has 3 heterocycles. The number of hydrogen-bond acceptors (Lipinski definition) is 4. The minimum Gasteiger partial charge on any atom is -0.459 e. The number of aliphatic imine (C=N–C) groups is 1. The molecule has 3 atom stereocenters. The Morgan fingerprint density at radius 3 is 2.70 bits per heavy atom. The first kappa shape index (κ1) is 17.6. The van der Waals surface area contributed by atoms with E-state index in [-0.39, 0.29) is 5.91 Å². The molecule has 4 rings (SSSR count). The maximum atomic E-state index is 12.0. The predicted molar refractivity (Wildman–Crippen MR) is 103 cm³/mol. The second kappa shape index (κ2) is 7.84. The molecule has 2 aliphatic rings. The summed E-state index contributed by atoms with van der Waals surface area (Å²) in [4.78, 5) is 16.3. The van der Waals surface area contributed by atoms with Crippen molar-refractivity contribution in [1.29, 1.82) is 0 Å². The first-order valence-electron chi connectivity index (χ1n) is 9.27. The molecule has 2 aliphatic heterocycles. The second-order valence-electron chi connectivity index (χ2n) is 6.91. The van der Waals surface area contributed by atoms with Crippen LogP contribution >= 0.6 is 0 Å². The van der Waals surface area contributed by atoms with Crippen molar-refractivity contribution in [2.24, 2.45) is 4.99 Å². The zero-order chi connectivity index (χ0) is 18.6. The topological polar surface area (TPSA) is 87.9 Å². The third-order valence-electron chi connectivity index (χ3n) is 5.07. The van der Waals surface area contributed by atoms with Gasteiger partial charge in [-0.3, -0.25) is 9.79 Å². The summed E-state index contributed by atoms with van der Waals surface area (Å²) >= 11 is 0. The summed E-state index contributed by atoms with van der Waals surface area (Å²) in [6.45, 7) is 0.647. The van der Waals surface area contributed by atoms with E-state index in [1.54, 1.807) is 19.2 Å². The number of amides is 1. The fraction of sp³-hybridized carbons (Fsp3) is 0.400. The lowest BCUT2D eigenvalue weighted by Gasteiger charge is -2.22. The zero-order valence-electron chi connectivity index (χ0n) is 15.3. The molecule has 7 heteroatoms. The van der Waals surface area contributed by atoms with Crippen molar-refractivity contribution in [3.8, 4) is 0 Å². The summed E-state index contributed by atoms with van der Waals surface area (Å²) in [6.07, 6.45) is 5.56. The van der Waals surface area contributed by atoms with Crippen LogP contribution in [0.3, 0.4) is 0 Å². The number of hydrogen-bond donors (Lipinski definition) is 3. The van der Waals surface area contributed by atoms with Gasteiger partial charge in [0, 0.05) is 19.3 Å². The van der Waals surface area contributed by atoms with E-state index in [0.29, 0.717) is 30.6 Å².